The van der Waals surface area contributed by atoms with E-state index < -0.39 is 0 Å². The van der Waals surface area contributed by atoms with Gasteiger partial charge in [-0.05, 0) is 56.8 Å². The first-order chi connectivity index (χ1) is 9.77. The summed E-state index contributed by atoms with van der Waals surface area (Å²) in [5.41, 5.74) is 1.22. The van der Waals surface area contributed by atoms with Gasteiger partial charge in [0.15, 0.2) is 0 Å². The third kappa shape index (κ3) is 7.11. The molecule has 0 fully saturated rings. The molecule has 0 spiro atoms. The number of nitrogens with one attached hydrogen (secondary N) is 1. The molecule has 0 radical (unpaired) electrons. The van der Waals surface area contributed by atoms with Crippen LogP contribution < -0.4 is 10.1 Å². The number of hydrogen-bond acceptors (Lipinski definition) is 2. The maximum Gasteiger partial charge on any atom is 0.123 e. The van der Waals surface area contributed by atoms with Crippen LogP contribution in [0.3, 0.4) is 0 Å². The van der Waals surface area contributed by atoms with E-state index >= 15 is 0 Å². The summed E-state index contributed by atoms with van der Waals surface area (Å²) in [5, 5.41) is 3.43. The zero-order valence-corrected chi connectivity index (χ0v) is 14.0. The number of benzene rings is 1. The normalized spacial score (nSPS) is 10.5. The predicted molar refractivity (Wildman–Crippen MR) is 90.3 cm³/mol. The van der Waals surface area contributed by atoms with Crippen molar-refractivity contribution in [3.63, 3.8) is 0 Å². The quantitative estimate of drug-likeness (QED) is 0.448. The van der Waals surface area contributed by atoms with Crippen molar-refractivity contribution in [2.45, 2.75) is 45.6 Å². The first-order valence-corrected chi connectivity index (χ1v) is 8.30. The van der Waals surface area contributed by atoms with Crippen LogP contribution in [0.5, 0.6) is 5.75 Å². The molecule has 3 heteroatoms. The predicted octanol–water partition coefficient (Wildman–Crippen LogP) is 5.07. The van der Waals surface area contributed by atoms with Gasteiger partial charge in [0.05, 0.1) is 6.61 Å². The van der Waals surface area contributed by atoms with Gasteiger partial charge in [0, 0.05) is 16.6 Å². The zero-order chi connectivity index (χ0) is 14.6. The van der Waals surface area contributed by atoms with Gasteiger partial charge in [-0.15, -0.1) is 6.58 Å². The van der Waals surface area contributed by atoms with E-state index in [0.29, 0.717) is 0 Å². The van der Waals surface area contributed by atoms with Crippen molar-refractivity contribution in [1.82, 2.24) is 5.32 Å². The molecule has 0 unspecified atom stereocenters. The molecule has 1 aromatic rings. The van der Waals surface area contributed by atoms with Crippen LogP contribution in [0, 0.1) is 0 Å². The lowest BCUT2D eigenvalue weighted by atomic mass is 10.2. The van der Waals surface area contributed by atoms with E-state index in [9.17, 15) is 0 Å². The van der Waals surface area contributed by atoms with Gasteiger partial charge in [0.25, 0.3) is 0 Å². The minimum absolute atomic E-state index is 0.791. The van der Waals surface area contributed by atoms with E-state index in [2.05, 4.69) is 46.9 Å². The summed E-state index contributed by atoms with van der Waals surface area (Å²) < 4.78 is 7.02. The summed E-state index contributed by atoms with van der Waals surface area (Å²) >= 11 is 3.52. The van der Waals surface area contributed by atoms with Gasteiger partial charge in [-0.1, -0.05) is 28.9 Å². The van der Waals surface area contributed by atoms with E-state index in [-0.39, 0.29) is 0 Å². The molecule has 0 aliphatic heterocycles. The maximum absolute atomic E-state index is 5.92. The Morgan fingerprint density at radius 3 is 2.90 bits per heavy atom. The molecule has 1 aromatic carbocycles. The summed E-state index contributed by atoms with van der Waals surface area (Å²) in [6.07, 6.45) is 7.74. The molecule has 2 nitrogen and oxygen atoms in total. The zero-order valence-electron chi connectivity index (χ0n) is 12.5. The number of ether oxygens (including phenoxy) is 1. The Balaban J connectivity index is 2.40. The van der Waals surface area contributed by atoms with Gasteiger partial charge >= 0.3 is 0 Å². The Labute approximate surface area is 131 Å². The second-order valence-electron chi connectivity index (χ2n) is 4.92. The van der Waals surface area contributed by atoms with Crippen LogP contribution >= 0.6 is 15.9 Å². The Morgan fingerprint density at radius 2 is 2.15 bits per heavy atom. The molecule has 1 N–H and O–H groups in total. The molecule has 20 heavy (non-hydrogen) atoms. The van der Waals surface area contributed by atoms with Crippen molar-refractivity contribution in [3.8, 4) is 5.75 Å². The average molecular weight is 340 g/mol. The topological polar surface area (TPSA) is 21.3 Å². The maximum atomic E-state index is 5.92. The molecule has 112 valence electrons. The van der Waals surface area contributed by atoms with E-state index in [0.717, 1.165) is 49.2 Å². The minimum Gasteiger partial charge on any atom is -0.493 e. The average Bonchev–Trinajstić information content (AvgIpc) is 2.45. The number of halogens is 1. The smallest absolute Gasteiger partial charge is 0.123 e. The van der Waals surface area contributed by atoms with Crippen LogP contribution in [0.4, 0.5) is 0 Å². The SMILES string of the molecule is C=CCCCCCOc1ccc(Br)cc1CNCCC. The molecule has 0 bridgehead atoms. The first kappa shape index (κ1) is 17.3. The van der Waals surface area contributed by atoms with Gasteiger partial charge in [-0.3, -0.25) is 0 Å². The summed E-state index contributed by atoms with van der Waals surface area (Å²) in [5.74, 6) is 1.00. The highest BCUT2D eigenvalue weighted by molar-refractivity contribution is 9.10. The molecule has 0 atom stereocenters. The second kappa shape index (κ2) is 10.9. The van der Waals surface area contributed by atoms with E-state index in [4.69, 9.17) is 4.74 Å². The molecule has 0 aliphatic rings. The van der Waals surface area contributed by atoms with E-state index in [1.165, 1.54) is 18.4 Å². The van der Waals surface area contributed by atoms with Crippen molar-refractivity contribution in [1.29, 1.82) is 0 Å². The van der Waals surface area contributed by atoms with Crippen molar-refractivity contribution < 1.29 is 4.74 Å². The Morgan fingerprint density at radius 1 is 1.30 bits per heavy atom. The van der Waals surface area contributed by atoms with Crippen molar-refractivity contribution in [2.75, 3.05) is 13.2 Å². The van der Waals surface area contributed by atoms with Gasteiger partial charge in [-0.2, -0.15) is 0 Å². The number of allylic oxidation sites excluding steroid dienone is 1. The lowest BCUT2D eigenvalue weighted by molar-refractivity contribution is 0.301. The highest BCUT2D eigenvalue weighted by Crippen LogP contribution is 2.23. The molecule has 0 saturated heterocycles. The van der Waals surface area contributed by atoms with Crippen LogP contribution in [-0.2, 0) is 6.54 Å². The molecule has 0 aromatic heterocycles. The van der Waals surface area contributed by atoms with Crippen LogP contribution in [0.2, 0.25) is 0 Å². The Kier molecular flexibility index (Phi) is 9.42. The van der Waals surface area contributed by atoms with E-state index in [1.54, 1.807) is 0 Å². The fraction of sp³-hybridized carbons (Fsp3) is 0.529. The molecule has 0 aliphatic carbocycles. The second-order valence-corrected chi connectivity index (χ2v) is 5.83. The lowest BCUT2D eigenvalue weighted by Gasteiger charge is -2.12. The van der Waals surface area contributed by atoms with Crippen molar-refractivity contribution in [2.24, 2.45) is 0 Å². The monoisotopic (exact) mass is 339 g/mol. The lowest BCUT2D eigenvalue weighted by Crippen LogP contribution is -2.15. The van der Waals surface area contributed by atoms with Gasteiger partial charge in [-0.25, -0.2) is 0 Å². The Bertz CT molecular complexity index is 393. The summed E-state index contributed by atoms with van der Waals surface area (Å²) in [7, 11) is 0. The molecule has 0 heterocycles. The van der Waals surface area contributed by atoms with Crippen LogP contribution in [-0.4, -0.2) is 13.2 Å². The first-order valence-electron chi connectivity index (χ1n) is 7.50. The number of hydrogen-bond donors (Lipinski definition) is 1. The molecular weight excluding hydrogens is 314 g/mol. The highest BCUT2D eigenvalue weighted by atomic mass is 79.9. The van der Waals surface area contributed by atoms with E-state index in [1.807, 2.05) is 12.1 Å². The van der Waals surface area contributed by atoms with Gasteiger partial charge in [0.2, 0.25) is 0 Å². The minimum atomic E-state index is 0.791. The standard InChI is InChI=1S/C17H26BrNO/c1-3-5-6-7-8-12-20-17-10-9-16(18)13-15(17)14-19-11-4-2/h3,9-10,13,19H,1,4-8,11-12,14H2,2H3. The number of rotatable bonds is 11. The number of unbranched alkanes of at least 4 members (excludes halogenated alkanes) is 3. The fourth-order valence-electron chi connectivity index (χ4n) is 1.98. The van der Waals surface area contributed by atoms with Gasteiger partial charge in [0.1, 0.15) is 5.75 Å². The largest absolute Gasteiger partial charge is 0.493 e. The van der Waals surface area contributed by atoms with Crippen LogP contribution in [0.15, 0.2) is 35.3 Å². The molecule has 0 saturated carbocycles. The van der Waals surface area contributed by atoms with Crippen LogP contribution in [0.1, 0.15) is 44.6 Å². The van der Waals surface area contributed by atoms with Crippen molar-refractivity contribution in [3.05, 3.63) is 40.9 Å². The summed E-state index contributed by atoms with van der Waals surface area (Å²) in [6, 6.07) is 6.23. The fourth-order valence-corrected chi connectivity index (χ4v) is 2.38. The highest BCUT2D eigenvalue weighted by Gasteiger charge is 2.04. The van der Waals surface area contributed by atoms with Gasteiger partial charge < -0.3 is 10.1 Å². The third-order valence-corrected chi connectivity index (χ3v) is 3.57. The summed E-state index contributed by atoms with van der Waals surface area (Å²) in [6.45, 7) is 8.60. The summed E-state index contributed by atoms with van der Waals surface area (Å²) in [4.78, 5) is 0. The van der Waals surface area contributed by atoms with Crippen molar-refractivity contribution >= 4 is 15.9 Å². The third-order valence-electron chi connectivity index (χ3n) is 3.07. The molecule has 0 amide bonds. The molecular formula is C17H26BrNO. The Hall–Kier alpha value is -0.800. The molecule has 1 rings (SSSR count). The van der Waals surface area contributed by atoms with Crippen LogP contribution in [0.25, 0.3) is 0 Å².